The molecule has 1 N–H and O–H groups in total. The topological polar surface area (TPSA) is 53.4 Å². The van der Waals surface area contributed by atoms with Gasteiger partial charge in [-0.15, -0.1) is 0 Å². The fraction of sp³-hybridized carbons (Fsp3) is 0.524. The summed E-state index contributed by atoms with van der Waals surface area (Å²) in [5, 5.41) is 7.11. The number of fused-ring (bicyclic) bond motifs is 1. The number of aryl methyl sites for hydroxylation is 2. The van der Waals surface area contributed by atoms with Gasteiger partial charge in [0.1, 0.15) is 0 Å². The number of nitrogens with one attached hydrogen (secondary N) is 1. The first kappa shape index (κ1) is 18.2. The summed E-state index contributed by atoms with van der Waals surface area (Å²) in [6.07, 6.45) is 4.15. The molecular formula is C21H29N5O. The first-order chi connectivity index (χ1) is 13.1. The molecule has 144 valence electrons. The fourth-order valence-corrected chi connectivity index (χ4v) is 4.60. The van der Waals surface area contributed by atoms with Gasteiger partial charge in [-0.2, -0.15) is 5.10 Å². The van der Waals surface area contributed by atoms with E-state index in [-0.39, 0.29) is 5.91 Å². The van der Waals surface area contributed by atoms with Gasteiger partial charge in [-0.25, -0.2) is 0 Å². The first-order valence-corrected chi connectivity index (χ1v) is 9.95. The van der Waals surface area contributed by atoms with Crippen LogP contribution in [0.3, 0.4) is 0 Å². The molecule has 0 spiro atoms. The molecule has 3 heterocycles. The highest BCUT2D eigenvalue weighted by Crippen LogP contribution is 2.32. The normalized spacial score (nSPS) is 22.9. The molecule has 0 radical (unpaired) electrons. The van der Waals surface area contributed by atoms with E-state index in [1.54, 1.807) is 4.68 Å². The van der Waals surface area contributed by atoms with E-state index in [1.807, 2.05) is 19.3 Å². The minimum atomic E-state index is 0.0246. The number of anilines is 1. The number of likely N-dealkylation sites (tertiary alicyclic amines) is 2. The number of amides is 1. The van der Waals surface area contributed by atoms with Gasteiger partial charge >= 0.3 is 0 Å². The highest BCUT2D eigenvalue weighted by atomic mass is 16.2. The highest BCUT2D eigenvalue weighted by molar-refractivity contribution is 5.91. The maximum atomic E-state index is 12.3. The minimum Gasteiger partial charge on any atom is -0.308 e. The Labute approximate surface area is 161 Å². The van der Waals surface area contributed by atoms with Crippen LogP contribution < -0.4 is 5.32 Å². The van der Waals surface area contributed by atoms with Crippen molar-refractivity contribution in [3.63, 3.8) is 0 Å². The van der Waals surface area contributed by atoms with Crippen molar-refractivity contribution in [2.24, 2.45) is 13.0 Å². The second kappa shape index (κ2) is 7.82. The quantitative estimate of drug-likeness (QED) is 0.850. The third-order valence-corrected chi connectivity index (χ3v) is 5.96. The molecule has 2 atom stereocenters. The van der Waals surface area contributed by atoms with Crippen molar-refractivity contribution in [1.82, 2.24) is 19.6 Å². The summed E-state index contributed by atoms with van der Waals surface area (Å²) in [6.45, 7) is 6.87. The van der Waals surface area contributed by atoms with Crippen LogP contribution in [-0.2, 0) is 24.8 Å². The Balaban J connectivity index is 1.33. The van der Waals surface area contributed by atoms with Crippen LogP contribution in [0.25, 0.3) is 0 Å². The lowest BCUT2D eigenvalue weighted by atomic mass is 10.0. The molecule has 2 aliphatic heterocycles. The smallest absolute Gasteiger partial charge is 0.239 e. The Morgan fingerprint density at radius 1 is 1.22 bits per heavy atom. The first-order valence-electron chi connectivity index (χ1n) is 9.95. The Kier molecular flexibility index (Phi) is 5.27. The summed E-state index contributed by atoms with van der Waals surface area (Å²) in [7, 11) is 1.85. The SMILES string of the molecule is CCc1ccccc1CN1CC[C@H]2CN(CC(=O)Nc3ccn(C)n3)C[C@H]21. The standard InChI is InChI=1S/C21H29N5O/c1-3-16-6-4-5-7-17(16)13-26-11-8-18-12-25(14-19(18)26)15-21(27)22-20-9-10-24(2)23-20/h4-7,9-10,18-19H,3,8,11-15H2,1-2H3,(H,22,23,27)/t18-,19+/m0/s1. The molecule has 27 heavy (non-hydrogen) atoms. The van der Waals surface area contributed by atoms with Crippen molar-refractivity contribution in [3.05, 3.63) is 47.7 Å². The predicted octanol–water partition coefficient (Wildman–Crippen LogP) is 2.13. The molecule has 2 aromatic rings. The van der Waals surface area contributed by atoms with E-state index in [9.17, 15) is 4.79 Å². The lowest BCUT2D eigenvalue weighted by molar-refractivity contribution is -0.117. The summed E-state index contributed by atoms with van der Waals surface area (Å²) in [4.78, 5) is 17.3. The average molecular weight is 367 g/mol. The third-order valence-electron chi connectivity index (χ3n) is 5.96. The van der Waals surface area contributed by atoms with Crippen molar-refractivity contribution in [2.45, 2.75) is 32.4 Å². The molecule has 2 saturated heterocycles. The molecular weight excluding hydrogens is 338 g/mol. The van der Waals surface area contributed by atoms with Gasteiger partial charge in [0.25, 0.3) is 0 Å². The summed E-state index contributed by atoms with van der Waals surface area (Å²) >= 11 is 0. The van der Waals surface area contributed by atoms with Crippen molar-refractivity contribution in [2.75, 3.05) is 31.5 Å². The maximum absolute atomic E-state index is 12.3. The second-order valence-corrected chi connectivity index (χ2v) is 7.83. The van der Waals surface area contributed by atoms with Gasteiger partial charge in [0.05, 0.1) is 6.54 Å². The van der Waals surface area contributed by atoms with Gasteiger partial charge in [0.15, 0.2) is 5.82 Å². The van der Waals surface area contributed by atoms with E-state index in [2.05, 4.69) is 51.4 Å². The lowest BCUT2D eigenvalue weighted by Gasteiger charge is -2.25. The van der Waals surface area contributed by atoms with Crippen LogP contribution in [0.1, 0.15) is 24.5 Å². The van der Waals surface area contributed by atoms with Gasteiger partial charge < -0.3 is 5.32 Å². The predicted molar refractivity (Wildman–Crippen MR) is 106 cm³/mol. The van der Waals surface area contributed by atoms with Crippen LogP contribution >= 0.6 is 0 Å². The second-order valence-electron chi connectivity index (χ2n) is 7.83. The van der Waals surface area contributed by atoms with Crippen LogP contribution in [0.2, 0.25) is 0 Å². The monoisotopic (exact) mass is 367 g/mol. The van der Waals surface area contributed by atoms with Gasteiger partial charge in [-0.3, -0.25) is 19.3 Å². The van der Waals surface area contributed by atoms with Crippen LogP contribution in [-0.4, -0.2) is 57.7 Å². The number of carbonyl (C=O) groups is 1. The highest BCUT2D eigenvalue weighted by Gasteiger charge is 2.41. The molecule has 4 rings (SSSR count). The fourth-order valence-electron chi connectivity index (χ4n) is 4.60. The molecule has 6 heteroatoms. The third kappa shape index (κ3) is 4.06. The average Bonchev–Trinajstić information content (AvgIpc) is 3.33. The molecule has 0 saturated carbocycles. The van der Waals surface area contributed by atoms with E-state index in [0.717, 1.165) is 26.1 Å². The lowest BCUT2D eigenvalue weighted by Crippen LogP contribution is -2.37. The van der Waals surface area contributed by atoms with Gasteiger partial charge in [-0.05, 0) is 36.4 Å². The van der Waals surface area contributed by atoms with E-state index in [0.29, 0.717) is 24.3 Å². The van der Waals surface area contributed by atoms with Crippen LogP contribution in [0.5, 0.6) is 0 Å². The molecule has 2 aliphatic rings. The number of rotatable bonds is 6. The number of benzene rings is 1. The van der Waals surface area contributed by atoms with Crippen LogP contribution in [0.15, 0.2) is 36.5 Å². The Bertz CT molecular complexity index is 801. The molecule has 1 aromatic carbocycles. The molecule has 1 aromatic heterocycles. The summed E-state index contributed by atoms with van der Waals surface area (Å²) in [5.41, 5.74) is 2.90. The maximum Gasteiger partial charge on any atom is 0.239 e. The van der Waals surface area contributed by atoms with Gasteiger partial charge in [0.2, 0.25) is 5.91 Å². The number of aromatic nitrogens is 2. The van der Waals surface area contributed by atoms with E-state index in [4.69, 9.17) is 0 Å². The summed E-state index contributed by atoms with van der Waals surface area (Å²) in [5.74, 6) is 1.33. The van der Waals surface area contributed by atoms with Crippen molar-refractivity contribution in [1.29, 1.82) is 0 Å². The molecule has 6 nitrogen and oxygen atoms in total. The Morgan fingerprint density at radius 3 is 2.78 bits per heavy atom. The zero-order valence-electron chi connectivity index (χ0n) is 16.3. The van der Waals surface area contributed by atoms with Gasteiger partial charge in [0, 0.05) is 45.0 Å². The van der Waals surface area contributed by atoms with E-state index >= 15 is 0 Å². The summed E-state index contributed by atoms with van der Waals surface area (Å²) in [6, 6.07) is 11.2. The largest absolute Gasteiger partial charge is 0.308 e. The van der Waals surface area contributed by atoms with Crippen LogP contribution in [0.4, 0.5) is 5.82 Å². The number of hydrogen-bond acceptors (Lipinski definition) is 4. The van der Waals surface area contributed by atoms with Crippen molar-refractivity contribution >= 4 is 11.7 Å². The van der Waals surface area contributed by atoms with Crippen LogP contribution in [0, 0.1) is 5.92 Å². The Hall–Kier alpha value is -2.18. The molecule has 0 bridgehead atoms. The molecule has 0 aliphatic carbocycles. The molecule has 1 amide bonds. The van der Waals surface area contributed by atoms with Crippen molar-refractivity contribution in [3.8, 4) is 0 Å². The summed E-state index contributed by atoms with van der Waals surface area (Å²) < 4.78 is 1.70. The molecule has 2 fully saturated rings. The van der Waals surface area contributed by atoms with Crippen molar-refractivity contribution < 1.29 is 4.79 Å². The number of nitrogens with zero attached hydrogens (tertiary/aromatic N) is 4. The van der Waals surface area contributed by atoms with E-state index in [1.165, 1.54) is 24.1 Å². The number of hydrogen-bond donors (Lipinski definition) is 1. The number of carbonyl (C=O) groups excluding carboxylic acids is 1. The zero-order valence-corrected chi connectivity index (χ0v) is 16.3. The van der Waals surface area contributed by atoms with E-state index < -0.39 is 0 Å². The zero-order chi connectivity index (χ0) is 18.8. The Morgan fingerprint density at radius 2 is 2.04 bits per heavy atom. The minimum absolute atomic E-state index is 0.0246. The van der Waals surface area contributed by atoms with Gasteiger partial charge in [-0.1, -0.05) is 31.2 Å². The molecule has 0 unspecified atom stereocenters.